The summed E-state index contributed by atoms with van der Waals surface area (Å²) >= 11 is 0. The van der Waals surface area contributed by atoms with E-state index in [0.29, 0.717) is 23.2 Å². The molecule has 0 fully saturated rings. The highest BCUT2D eigenvalue weighted by atomic mass is 16.7. The van der Waals surface area contributed by atoms with E-state index in [0.717, 1.165) is 34.1 Å². The van der Waals surface area contributed by atoms with Crippen molar-refractivity contribution >= 4 is 35.8 Å². The molecule has 3 unspecified atom stereocenters. The molecule has 0 saturated carbocycles. The lowest BCUT2D eigenvalue weighted by atomic mass is 9.81. The number of rotatable bonds is 8. The summed E-state index contributed by atoms with van der Waals surface area (Å²) in [6, 6.07) is 14.5. The van der Waals surface area contributed by atoms with Crippen LogP contribution in [-0.2, 0) is 18.9 Å². The number of unbranched alkanes of at least 4 members (excludes halogenated alkanes) is 1. The van der Waals surface area contributed by atoms with Gasteiger partial charge in [-0.15, -0.1) is 0 Å². The van der Waals surface area contributed by atoms with Gasteiger partial charge in [0.15, 0.2) is 0 Å². The molecule has 2 amide bonds. The first kappa shape index (κ1) is 40.3. The molecule has 3 aliphatic rings. The normalized spacial score (nSPS) is 20.7. The fraction of sp³-hybridized carbons (Fsp3) is 0.548. The number of aliphatic imine (C=N–C) groups is 1. The van der Waals surface area contributed by atoms with E-state index in [1.807, 2.05) is 68.5 Å². The summed E-state index contributed by atoms with van der Waals surface area (Å²) in [6.45, 7) is 21.8. The van der Waals surface area contributed by atoms with Gasteiger partial charge in [0.05, 0.1) is 17.6 Å². The molecular weight excluding hydrogens is 686 g/mol. The predicted molar refractivity (Wildman–Crippen MR) is 208 cm³/mol. The molecule has 12 nitrogen and oxygen atoms in total. The highest BCUT2D eigenvalue weighted by molar-refractivity contribution is 6.26. The Kier molecular flexibility index (Phi) is 11.0. The monoisotopic (exact) mass is 743 g/mol. The minimum absolute atomic E-state index is 0.209. The molecule has 2 aromatic carbocycles. The maximum Gasteiger partial charge on any atom is 0.509 e. The van der Waals surface area contributed by atoms with E-state index in [4.69, 9.17) is 28.9 Å². The molecule has 12 heteroatoms. The van der Waals surface area contributed by atoms with Gasteiger partial charge in [-0.05, 0) is 118 Å². The number of hydrogen-bond donors (Lipinski definition) is 1. The number of imide groups is 1. The lowest BCUT2D eigenvalue weighted by Crippen LogP contribution is -2.68. The minimum atomic E-state index is -1.87. The first-order chi connectivity index (χ1) is 25.1. The molecule has 0 radical (unpaired) electrons. The summed E-state index contributed by atoms with van der Waals surface area (Å²) in [5.74, 6) is 0. The van der Waals surface area contributed by atoms with Gasteiger partial charge in [-0.2, -0.15) is 4.90 Å². The number of ether oxygens (including phenoxy) is 4. The molecule has 5 rings (SSSR count). The Bertz CT molecular complexity index is 1920. The van der Waals surface area contributed by atoms with Crippen LogP contribution >= 0.6 is 0 Å². The molecule has 2 aromatic rings. The molecular formula is C42H57N5O7. The Balaban J connectivity index is 1.83. The van der Waals surface area contributed by atoms with E-state index in [1.54, 1.807) is 68.5 Å². The quantitative estimate of drug-likeness (QED) is 0.214. The van der Waals surface area contributed by atoms with Gasteiger partial charge in [0.25, 0.3) is 0 Å². The summed E-state index contributed by atoms with van der Waals surface area (Å²) in [7, 11) is 0. The SMILES string of the molecule is CCCCC1N=C2C(=c3ccccc3=NC2(C2NC=Cc3ccccc32)N(C(=O)OC(C)(C)C)C(=O)OC(C)(C)C)N1CC(C)(C)OC(=O)OC(C)(C)C. The molecule has 0 aliphatic carbocycles. The van der Waals surface area contributed by atoms with Crippen molar-refractivity contribution in [2.24, 2.45) is 9.98 Å². The number of benzene rings is 2. The number of amides is 2. The second kappa shape index (κ2) is 14.8. The van der Waals surface area contributed by atoms with Gasteiger partial charge in [0.2, 0.25) is 5.66 Å². The van der Waals surface area contributed by atoms with Crippen LogP contribution in [0.15, 0.2) is 64.7 Å². The molecule has 0 bridgehead atoms. The van der Waals surface area contributed by atoms with E-state index < -0.39 is 58.6 Å². The van der Waals surface area contributed by atoms with E-state index in [-0.39, 0.29) is 6.54 Å². The number of para-hydroxylation sites is 1. The second-order valence-corrected chi connectivity index (χ2v) is 17.6. The molecule has 3 aliphatic heterocycles. The Morgan fingerprint density at radius 1 is 0.815 bits per heavy atom. The van der Waals surface area contributed by atoms with Crippen LogP contribution in [0, 0.1) is 0 Å². The summed E-state index contributed by atoms with van der Waals surface area (Å²) in [6.07, 6.45) is 2.98. The van der Waals surface area contributed by atoms with Crippen LogP contribution in [0.1, 0.15) is 120 Å². The third-order valence-corrected chi connectivity index (χ3v) is 8.79. The van der Waals surface area contributed by atoms with Crippen LogP contribution in [0.25, 0.3) is 11.8 Å². The molecule has 54 heavy (non-hydrogen) atoms. The zero-order valence-electron chi connectivity index (χ0n) is 33.9. The molecule has 1 N–H and O–H groups in total. The van der Waals surface area contributed by atoms with E-state index in [2.05, 4.69) is 17.1 Å². The molecule has 0 aromatic heterocycles. The number of fused-ring (bicyclic) bond motifs is 3. The smallest absolute Gasteiger partial charge is 0.443 e. The Morgan fingerprint density at radius 3 is 2.02 bits per heavy atom. The van der Waals surface area contributed by atoms with Crippen LogP contribution in [-0.4, -0.2) is 74.6 Å². The Morgan fingerprint density at radius 2 is 1.41 bits per heavy atom. The highest BCUT2D eigenvalue weighted by Gasteiger charge is 2.61. The predicted octanol–water partition coefficient (Wildman–Crippen LogP) is 7.61. The van der Waals surface area contributed by atoms with Gasteiger partial charge >= 0.3 is 18.3 Å². The highest BCUT2D eigenvalue weighted by Crippen LogP contribution is 2.45. The first-order valence-corrected chi connectivity index (χ1v) is 18.8. The molecule has 3 heterocycles. The molecule has 0 spiro atoms. The average molecular weight is 744 g/mol. The van der Waals surface area contributed by atoms with Crippen molar-refractivity contribution in [1.82, 2.24) is 15.1 Å². The van der Waals surface area contributed by atoms with Gasteiger partial charge in [-0.3, -0.25) is 4.99 Å². The summed E-state index contributed by atoms with van der Waals surface area (Å²) in [4.78, 5) is 56.6. The Hall–Kier alpha value is -4.87. The first-order valence-electron chi connectivity index (χ1n) is 18.8. The van der Waals surface area contributed by atoms with Gasteiger partial charge < -0.3 is 29.2 Å². The molecule has 3 atom stereocenters. The van der Waals surface area contributed by atoms with Crippen LogP contribution in [0.5, 0.6) is 0 Å². The summed E-state index contributed by atoms with van der Waals surface area (Å²) in [5.41, 5.74) is -2.92. The second-order valence-electron chi connectivity index (χ2n) is 17.6. The summed E-state index contributed by atoms with van der Waals surface area (Å²) in [5, 5.41) is 4.77. The molecule has 0 saturated heterocycles. The van der Waals surface area contributed by atoms with Crippen LogP contribution < -0.4 is 15.9 Å². The maximum absolute atomic E-state index is 14.8. The van der Waals surface area contributed by atoms with Crippen molar-refractivity contribution in [3.8, 4) is 0 Å². The Labute approximate surface area is 319 Å². The van der Waals surface area contributed by atoms with Crippen molar-refractivity contribution < 1.29 is 33.3 Å². The van der Waals surface area contributed by atoms with Gasteiger partial charge in [0.1, 0.15) is 40.3 Å². The number of carbonyl (C=O) groups is 3. The van der Waals surface area contributed by atoms with E-state index >= 15 is 0 Å². The topological polar surface area (TPSA) is 131 Å². The standard InChI is InChI=1S/C42H57N5O7/c1-13-14-23-31-44-34-32(46(31)26-41(11,12)54-37(50)53-40(8,9)10)29-21-17-18-22-30(29)45-42(34,33-28-20-16-15-19-27(28)24-25-43-33)47(35(48)51-38(2,3)4)36(49)52-39(5,6)7/h15-22,24-25,31,33,43H,13-14,23,26H2,1-12H3. The lowest BCUT2D eigenvalue weighted by molar-refractivity contribution is -0.0607. The van der Waals surface area contributed by atoms with Crippen molar-refractivity contribution in [1.29, 1.82) is 0 Å². The third-order valence-electron chi connectivity index (χ3n) is 8.79. The molecule has 292 valence electrons. The zero-order chi connectivity index (χ0) is 39.9. The van der Waals surface area contributed by atoms with E-state index in [1.165, 1.54) is 0 Å². The summed E-state index contributed by atoms with van der Waals surface area (Å²) < 4.78 is 23.6. The number of carbonyl (C=O) groups excluding carboxylic acids is 3. The average Bonchev–Trinajstić information content (AvgIpc) is 3.38. The van der Waals surface area contributed by atoms with Gasteiger partial charge in [-0.25, -0.2) is 19.4 Å². The van der Waals surface area contributed by atoms with Crippen LogP contribution in [0.3, 0.4) is 0 Å². The zero-order valence-corrected chi connectivity index (χ0v) is 33.9. The van der Waals surface area contributed by atoms with Crippen LogP contribution in [0.4, 0.5) is 14.4 Å². The van der Waals surface area contributed by atoms with Crippen molar-refractivity contribution in [3.63, 3.8) is 0 Å². The number of nitrogens with one attached hydrogen (secondary N) is 1. The van der Waals surface area contributed by atoms with Gasteiger partial charge in [-0.1, -0.05) is 55.8 Å². The largest absolute Gasteiger partial charge is 0.509 e. The van der Waals surface area contributed by atoms with Crippen LogP contribution in [0.2, 0.25) is 0 Å². The number of hydrogen-bond acceptors (Lipinski definition) is 11. The third kappa shape index (κ3) is 8.74. The maximum atomic E-state index is 14.8. The number of nitrogens with zero attached hydrogens (tertiary/aromatic N) is 4. The minimum Gasteiger partial charge on any atom is -0.443 e. The lowest BCUT2D eigenvalue weighted by Gasteiger charge is -2.47. The fourth-order valence-electron chi connectivity index (χ4n) is 6.89. The fourth-order valence-corrected chi connectivity index (χ4v) is 6.89. The van der Waals surface area contributed by atoms with Crippen molar-refractivity contribution in [2.75, 3.05) is 6.54 Å². The van der Waals surface area contributed by atoms with Crippen molar-refractivity contribution in [3.05, 3.63) is 76.4 Å². The van der Waals surface area contributed by atoms with Crippen molar-refractivity contribution in [2.45, 2.75) is 143 Å². The van der Waals surface area contributed by atoms with E-state index in [9.17, 15) is 14.4 Å². The van der Waals surface area contributed by atoms with Gasteiger partial charge in [0, 0.05) is 5.22 Å².